The maximum Gasteiger partial charge on any atom is 0.250 e. The summed E-state index contributed by atoms with van der Waals surface area (Å²) in [6.45, 7) is 5.38. The number of likely N-dealkylation sites (tertiary alicyclic amines) is 1. The van der Waals surface area contributed by atoms with Gasteiger partial charge in [-0.05, 0) is 36.6 Å². The molecule has 22 heavy (non-hydrogen) atoms. The van der Waals surface area contributed by atoms with Crippen LogP contribution in [0.3, 0.4) is 0 Å². The van der Waals surface area contributed by atoms with Crippen molar-refractivity contribution in [3.63, 3.8) is 0 Å². The summed E-state index contributed by atoms with van der Waals surface area (Å²) >= 11 is 0. The highest BCUT2D eigenvalue weighted by Crippen LogP contribution is 2.28. The van der Waals surface area contributed by atoms with Crippen LogP contribution in [0.25, 0.3) is 0 Å². The molecule has 0 aromatic rings. The Bertz CT molecular complexity index is 405. The minimum atomic E-state index is -2.55. The van der Waals surface area contributed by atoms with Gasteiger partial charge >= 0.3 is 0 Å². The molecule has 0 aromatic heterocycles. The highest BCUT2D eigenvalue weighted by atomic mass is 19.3. The van der Waals surface area contributed by atoms with Gasteiger partial charge in [0, 0.05) is 45.1 Å². The highest BCUT2D eigenvalue weighted by molar-refractivity contribution is 5.75. The quantitative estimate of drug-likeness (QED) is 0.423. The van der Waals surface area contributed by atoms with Gasteiger partial charge in [0.05, 0.1) is 0 Å². The van der Waals surface area contributed by atoms with Crippen molar-refractivity contribution in [2.45, 2.75) is 45.5 Å². The van der Waals surface area contributed by atoms with Crippen LogP contribution in [0.4, 0.5) is 8.78 Å². The van der Waals surface area contributed by atoms with Crippen LogP contribution >= 0.6 is 0 Å². The summed E-state index contributed by atoms with van der Waals surface area (Å²) in [4.78, 5) is 13.3. The van der Waals surface area contributed by atoms with E-state index < -0.39 is 5.92 Å². The molecule has 0 saturated carbocycles. The third kappa shape index (κ3) is 5.87. The first-order valence-corrected chi connectivity index (χ1v) is 8.09. The number of piperidine rings is 1. The van der Waals surface area contributed by atoms with Crippen LogP contribution in [0.5, 0.6) is 0 Å². The normalized spacial score (nSPS) is 20.3. The van der Waals surface area contributed by atoms with E-state index >= 15 is 0 Å². The van der Waals surface area contributed by atoms with Crippen LogP contribution in [0.1, 0.15) is 39.5 Å². The number of carbonyl (C=O) groups excluding carboxylic acids is 1. The van der Waals surface area contributed by atoms with Crippen LogP contribution in [-0.2, 0) is 4.79 Å². The molecule has 0 spiro atoms. The Balaban J connectivity index is 2.76. The molecule has 1 N–H and O–H groups in total. The molecule has 0 radical (unpaired) electrons. The Morgan fingerprint density at radius 3 is 2.32 bits per heavy atom. The summed E-state index contributed by atoms with van der Waals surface area (Å²) < 4.78 is 26.4. The van der Waals surface area contributed by atoms with Gasteiger partial charge in [-0.1, -0.05) is 13.8 Å². The fraction of sp³-hybridized carbons (Fsp3) is 0.706. The number of nitrogens with zero attached hydrogens (tertiary/aromatic N) is 1. The molecular weight excluding hydrogens is 286 g/mol. The standard InChI is InChI=1S/C17H28F2N2O/c1-4-15(5-2)16(11-20-3)10-14(13-22)12-21-8-6-17(18,19)7-9-21/h10-11,13,15,20H,4-9,12H2,1-3H3/b14-10-,16-11+. The molecule has 3 nitrogen and oxygen atoms in total. The van der Waals surface area contributed by atoms with Gasteiger partial charge in [-0.2, -0.15) is 0 Å². The van der Waals surface area contributed by atoms with E-state index in [-0.39, 0.29) is 12.8 Å². The first-order valence-electron chi connectivity index (χ1n) is 8.09. The smallest absolute Gasteiger partial charge is 0.250 e. The van der Waals surface area contributed by atoms with Crippen molar-refractivity contribution < 1.29 is 13.6 Å². The molecule has 0 atom stereocenters. The Hall–Kier alpha value is -1.23. The zero-order valence-corrected chi connectivity index (χ0v) is 13.9. The minimum absolute atomic E-state index is 0.120. The van der Waals surface area contributed by atoms with E-state index in [0.29, 0.717) is 31.1 Å². The molecule has 0 aromatic carbocycles. The lowest BCUT2D eigenvalue weighted by atomic mass is 9.92. The number of alkyl halides is 2. The molecule has 1 aliphatic rings. The Morgan fingerprint density at radius 1 is 1.27 bits per heavy atom. The van der Waals surface area contributed by atoms with Crippen LogP contribution in [0, 0.1) is 5.92 Å². The highest BCUT2D eigenvalue weighted by Gasteiger charge is 2.33. The lowest BCUT2D eigenvalue weighted by Crippen LogP contribution is -2.40. The number of hydrogen-bond donors (Lipinski definition) is 1. The maximum atomic E-state index is 13.2. The van der Waals surface area contributed by atoms with Crippen LogP contribution in [0.2, 0.25) is 0 Å². The van der Waals surface area contributed by atoms with Crippen molar-refractivity contribution in [1.82, 2.24) is 10.2 Å². The molecular formula is C17H28F2N2O. The summed E-state index contributed by atoms with van der Waals surface area (Å²) in [6, 6.07) is 0. The van der Waals surface area contributed by atoms with Crippen LogP contribution < -0.4 is 5.32 Å². The van der Waals surface area contributed by atoms with E-state index in [1.165, 1.54) is 0 Å². The van der Waals surface area contributed by atoms with E-state index in [2.05, 4.69) is 19.2 Å². The summed E-state index contributed by atoms with van der Waals surface area (Å²) in [7, 11) is 1.84. The second-order valence-corrected chi connectivity index (χ2v) is 5.92. The van der Waals surface area contributed by atoms with E-state index in [1.807, 2.05) is 24.2 Å². The lowest BCUT2D eigenvalue weighted by molar-refractivity contribution is -0.105. The number of nitrogens with one attached hydrogen (secondary N) is 1. The van der Waals surface area contributed by atoms with Crippen LogP contribution in [0.15, 0.2) is 23.4 Å². The van der Waals surface area contributed by atoms with E-state index in [0.717, 1.165) is 24.7 Å². The van der Waals surface area contributed by atoms with Crippen molar-refractivity contribution in [3.05, 3.63) is 23.4 Å². The summed E-state index contributed by atoms with van der Waals surface area (Å²) in [5.41, 5.74) is 1.75. The predicted molar refractivity (Wildman–Crippen MR) is 86.0 cm³/mol. The maximum absolute atomic E-state index is 13.2. The second-order valence-electron chi connectivity index (χ2n) is 5.92. The van der Waals surface area contributed by atoms with Gasteiger partial charge in [0.2, 0.25) is 0 Å². The number of hydrogen-bond acceptors (Lipinski definition) is 3. The molecule has 126 valence electrons. The molecule has 1 heterocycles. The van der Waals surface area contributed by atoms with Gasteiger partial charge in [0.25, 0.3) is 5.92 Å². The van der Waals surface area contributed by atoms with E-state index in [9.17, 15) is 13.6 Å². The topological polar surface area (TPSA) is 32.3 Å². The Kier molecular flexibility index (Phi) is 7.73. The second kappa shape index (κ2) is 9.03. The summed E-state index contributed by atoms with van der Waals surface area (Å²) in [5.74, 6) is -2.15. The number of allylic oxidation sites excluding steroid dienone is 2. The molecule has 0 amide bonds. The van der Waals surface area contributed by atoms with Gasteiger partial charge < -0.3 is 5.32 Å². The van der Waals surface area contributed by atoms with Crippen molar-refractivity contribution in [3.8, 4) is 0 Å². The fourth-order valence-electron chi connectivity index (χ4n) is 2.83. The number of halogens is 2. The van der Waals surface area contributed by atoms with Crippen molar-refractivity contribution >= 4 is 6.29 Å². The van der Waals surface area contributed by atoms with Gasteiger partial charge in [0.15, 0.2) is 0 Å². The van der Waals surface area contributed by atoms with Crippen molar-refractivity contribution in [2.75, 3.05) is 26.7 Å². The molecule has 0 bridgehead atoms. The minimum Gasteiger partial charge on any atom is -0.394 e. The summed E-state index contributed by atoms with van der Waals surface area (Å²) in [6.07, 6.45) is 6.44. The lowest BCUT2D eigenvalue weighted by Gasteiger charge is -2.31. The number of aldehydes is 1. The molecule has 1 aliphatic heterocycles. The summed E-state index contributed by atoms with van der Waals surface area (Å²) in [5, 5.41) is 3.03. The molecule has 5 heteroatoms. The molecule has 0 unspecified atom stereocenters. The monoisotopic (exact) mass is 314 g/mol. The third-order valence-electron chi connectivity index (χ3n) is 4.27. The zero-order valence-electron chi connectivity index (χ0n) is 13.9. The van der Waals surface area contributed by atoms with Crippen molar-refractivity contribution in [2.24, 2.45) is 5.92 Å². The molecule has 1 saturated heterocycles. The van der Waals surface area contributed by atoms with E-state index in [1.54, 1.807) is 0 Å². The Morgan fingerprint density at radius 2 is 1.86 bits per heavy atom. The molecule has 1 fully saturated rings. The molecule has 0 aliphatic carbocycles. The van der Waals surface area contributed by atoms with Gasteiger partial charge in [-0.15, -0.1) is 0 Å². The molecule has 1 rings (SSSR count). The average Bonchev–Trinajstić information content (AvgIpc) is 2.49. The van der Waals surface area contributed by atoms with Crippen LogP contribution in [-0.4, -0.2) is 43.8 Å². The largest absolute Gasteiger partial charge is 0.394 e. The Labute approximate surface area is 132 Å². The van der Waals surface area contributed by atoms with Gasteiger partial charge in [0.1, 0.15) is 6.29 Å². The fourth-order valence-corrected chi connectivity index (χ4v) is 2.83. The average molecular weight is 314 g/mol. The first-order chi connectivity index (χ1) is 10.5. The SMILES string of the molecule is CCC(CC)C(/C=C(\C=O)CN1CCC(F)(F)CC1)=C/NC. The zero-order chi connectivity index (χ0) is 16.6. The van der Waals surface area contributed by atoms with Gasteiger partial charge in [-0.3, -0.25) is 9.69 Å². The first kappa shape index (κ1) is 18.8. The predicted octanol–water partition coefficient (Wildman–Crippen LogP) is 3.38. The third-order valence-corrected chi connectivity index (χ3v) is 4.27. The van der Waals surface area contributed by atoms with E-state index in [4.69, 9.17) is 0 Å². The number of carbonyl (C=O) groups is 1. The van der Waals surface area contributed by atoms with Gasteiger partial charge in [-0.25, -0.2) is 8.78 Å². The van der Waals surface area contributed by atoms with Crippen molar-refractivity contribution in [1.29, 1.82) is 0 Å². The number of rotatable bonds is 8.